The standard InChI is InChI=1S/C10H20BNO/c1-10(13-2)8-6-4-3-5-7-9-12-11/h12H,1,3-9H2,2H3. The number of methoxy groups -OCH3 is 1. The van der Waals surface area contributed by atoms with Gasteiger partial charge >= 0.3 is 0 Å². The van der Waals surface area contributed by atoms with E-state index in [1.165, 1.54) is 32.1 Å². The molecule has 2 radical (unpaired) electrons. The van der Waals surface area contributed by atoms with Gasteiger partial charge in [0, 0.05) is 6.42 Å². The summed E-state index contributed by atoms with van der Waals surface area (Å²) in [5, 5.41) is 2.65. The van der Waals surface area contributed by atoms with Crippen LogP contribution in [-0.2, 0) is 4.74 Å². The molecule has 2 nitrogen and oxygen atoms in total. The monoisotopic (exact) mass is 181 g/mol. The summed E-state index contributed by atoms with van der Waals surface area (Å²) >= 11 is 0. The van der Waals surface area contributed by atoms with Gasteiger partial charge in [0.15, 0.2) is 7.98 Å². The molecule has 0 unspecified atom stereocenters. The van der Waals surface area contributed by atoms with E-state index in [1.54, 1.807) is 7.11 Å². The zero-order valence-corrected chi connectivity index (χ0v) is 8.64. The number of hydrogen-bond donors (Lipinski definition) is 1. The maximum absolute atomic E-state index is 5.15. The molecule has 1 N–H and O–H groups in total. The van der Waals surface area contributed by atoms with Crippen LogP contribution in [0.15, 0.2) is 12.3 Å². The molecule has 0 fully saturated rings. The van der Waals surface area contributed by atoms with E-state index in [1.807, 2.05) is 0 Å². The Hall–Kier alpha value is -0.435. The highest BCUT2D eigenvalue weighted by molar-refractivity contribution is 6.04. The van der Waals surface area contributed by atoms with Gasteiger partial charge in [0.1, 0.15) is 0 Å². The second kappa shape index (κ2) is 9.65. The third-order valence-corrected chi connectivity index (χ3v) is 2.07. The fraction of sp³-hybridized carbons (Fsp3) is 0.800. The summed E-state index contributed by atoms with van der Waals surface area (Å²) in [6.45, 7) is 4.69. The Balaban J connectivity index is 2.95. The number of rotatable bonds is 9. The first-order valence-electron chi connectivity index (χ1n) is 4.96. The second-order valence-corrected chi connectivity index (χ2v) is 3.21. The molecule has 0 aliphatic heterocycles. The van der Waals surface area contributed by atoms with Crippen molar-refractivity contribution in [1.29, 1.82) is 0 Å². The van der Waals surface area contributed by atoms with Crippen LogP contribution in [0.4, 0.5) is 0 Å². The van der Waals surface area contributed by atoms with Crippen molar-refractivity contribution in [2.45, 2.75) is 38.5 Å². The van der Waals surface area contributed by atoms with Crippen LogP contribution in [0, 0.1) is 0 Å². The highest BCUT2D eigenvalue weighted by atomic mass is 16.5. The maximum Gasteiger partial charge on any atom is 0.177 e. The third kappa shape index (κ3) is 9.48. The number of allylic oxidation sites excluding steroid dienone is 1. The number of nitrogens with one attached hydrogen (secondary N) is 1. The minimum Gasteiger partial charge on any atom is -0.502 e. The summed E-state index contributed by atoms with van der Waals surface area (Å²) in [6.07, 6.45) is 7.13. The van der Waals surface area contributed by atoms with Crippen LogP contribution in [0.2, 0.25) is 0 Å². The minimum atomic E-state index is 0.892. The lowest BCUT2D eigenvalue weighted by Gasteiger charge is -2.03. The fourth-order valence-electron chi connectivity index (χ4n) is 1.18. The van der Waals surface area contributed by atoms with E-state index in [0.717, 1.165) is 18.7 Å². The summed E-state index contributed by atoms with van der Waals surface area (Å²) in [6, 6.07) is 0. The van der Waals surface area contributed by atoms with Gasteiger partial charge in [-0.3, -0.25) is 0 Å². The highest BCUT2D eigenvalue weighted by Gasteiger charge is 1.93. The normalized spacial score (nSPS) is 9.92. The SMILES string of the molecule is [B]NCCCCCCCC(=C)OC. The first-order chi connectivity index (χ1) is 6.31. The summed E-state index contributed by atoms with van der Waals surface area (Å²) in [7, 11) is 6.82. The number of hydrogen-bond acceptors (Lipinski definition) is 2. The molecule has 0 bridgehead atoms. The molecule has 0 saturated heterocycles. The summed E-state index contributed by atoms with van der Waals surface area (Å²) in [5.41, 5.74) is 0. The van der Waals surface area contributed by atoms with Gasteiger partial charge in [-0.2, -0.15) is 0 Å². The van der Waals surface area contributed by atoms with Crippen molar-refractivity contribution < 1.29 is 4.74 Å². The van der Waals surface area contributed by atoms with Crippen molar-refractivity contribution in [2.24, 2.45) is 0 Å². The van der Waals surface area contributed by atoms with Gasteiger partial charge in [-0.15, -0.1) is 0 Å². The molecule has 74 valence electrons. The van der Waals surface area contributed by atoms with E-state index in [0.29, 0.717) is 0 Å². The Labute approximate surface area is 83.2 Å². The maximum atomic E-state index is 5.15. The number of ether oxygens (including phenoxy) is 1. The average molecular weight is 181 g/mol. The highest BCUT2D eigenvalue weighted by Crippen LogP contribution is 2.09. The molecule has 0 atom stereocenters. The van der Waals surface area contributed by atoms with Gasteiger partial charge in [0.2, 0.25) is 0 Å². The summed E-state index contributed by atoms with van der Waals surface area (Å²) < 4.78 is 4.97. The zero-order valence-electron chi connectivity index (χ0n) is 8.64. The zero-order chi connectivity index (χ0) is 9.94. The molecule has 0 amide bonds. The van der Waals surface area contributed by atoms with Gasteiger partial charge in [0.05, 0.1) is 12.9 Å². The average Bonchev–Trinajstić information content (AvgIpc) is 2.16. The van der Waals surface area contributed by atoms with Crippen molar-refractivity contribution in [2.75, 3.05) is 13.7 Å². The van der Waals surface area contributed by atoms with Crippen molar-refractivity contribution in [3.05, 3.63) is 12.3 Å². The molecular formula is C10H20BNO. The van der Waals surface area contributed by atoms with Crippen LogP contribution >= 0.6 is 0 Å². The molecule has 0 spiro atoms. The van der Waals surface area contributed by atoms with E-state index in [4.69, 9.17) is 12.7 Å². The Morgan fingerprint density at radius 1 is 1.23 bits per heavy atom. The van der Waals surface area contributed by atoms with Gasteiger partial charge in [-0.05, 0) is 19.4 Å². The van der Waals surface area contributed by atoms with Gasteiger partial charge in [-0.1, -0.05) is 25.8 Å². The predicted octanol–water partition coefficient (Wildman–Crippen LogP) is 2.16. The van der Waals surface area contributed by atoms with Crippen LogP contribution in [0.1, 0.15) is 38.5 Å². The molecule has 0 aromatic carbocycles. The van der Waals surface area contributed by atoms with Crippen LogP contribution in [-0.4, -0.2) is 21.6 Å². The van der Waals surface area contributed by atoms with Gasteiger partial charge < -0.3 is 9.96 Å². The predicted molar refractivity (Wildman–Crippen MR) is 57.6 cm³/mol. The van der Waals surface area contributed by atoms with Crippen LogP contribution in [0.5, 0.6) is 0 Å². The number of unbranched alkanes of at least 4 members (excludes halogenated alkanes) is 4. The van der Waals surface area contributed by atoms with E-state index in [-0.39, 0.29) is 0 Å². The van der Waals surface area contributed by atoms with Crippen molar-refractivity contribution in [3.63, 3.8) is 0 Å². The van der Waals surface area contributed by atoms with Gasteiger partial charge in [0.25, 0.3) is 0 Å². The smallest absolute Gasteiger partial charge is 0.177 e. The van der Waals surface area contributed by atoms with Crippen molar-refractivity contribution >= 4 is 7.98 Å². The van der Waals surface area contributed by atoms with Crippen LogP contribution in [0.3, 0.4) is 0 Å². The Kier molecular flexibility index (Phi) is 9.33. The largest absolute Gasteiger partial charge is 0.502 e. The summed E-state index contributed by atoms with van der Waals surface area (Å²) in [5.74, 6) is 0.892. The molecule has 0 aliphatic rings. The Bertz CT molecular complexity index is 128. The molecule has 3 heteroatoms. The van der Waals surface area contributed by atoms with E-state index in [2.05, 4.69) is 11.8 Å². The molecule has 0 aromatic heterocycles. The Morgan fingerprint density at radius 2 is 1.85 bits per heavy atom. The minimum absolute atomic E-state index is 0.892. The molecule has 0 rings (SSSR count). The topological polar surface area (TPSA) is 21.3 Å². The quantitative estimate of drug-likeness (QED) is 0.334. The lowest BCUT2D eigenvalue weighted by Crippen LogP contribution is -2.09. The molecule has 0 heterocycles. The molecular weight excluding hydrogens is 161 g/mol. The third-order valence-electron chi connectivity index (χ3n) is 2.07. The second-order valence-electron chi connectivity index (χ2n) is 3.21. The first kappa shape index (κ1) is 12.6. The van der Waals surface area contributed by atoms with E-state index in [9.17, 15) is 0 Å². The van der Waals surface area contributed by atoms with Crippen molar-refractivity contribution in [1.82, 2.24) is 5.23 Å². The lowest BCUT2D eigenvalue weighted by atomic mass is 10.1. The van der Waals surface area contributed by atoms with E-state index >= 15 is 0 Å². The molecule has 0 saturated carbocycles. The lowest BCUT2D eigenvalue weighted by molar-refractivity contribution is 0.276. The van der Waals surface area contributed by atoms with E-state index < -0.39 is 0 Å². The first-order valence-corrected chi connectivity index (χ1v) is 4.96. The molecule has 0 aliphatic carbocycles. The summed E-state index contributed by atoms with van der Waals surface area (Å²) in [4.78, 5) is 0. The van der Waals surface area contributed by atoms with Crippen LogP contribution < -0.4 is 5.23 Å². The van der Waals surface area contributed by atoms with Crippen molar-refractivity contribution in [3.8, 4) is 0 Å². The van der Waals surface area contributed by atoms with Gasteiger partial charge in [-0.25, -0.2) is 0 Å². The fourth-order valence-corrected chi connectivity index (χ4v) is 1.18. The Morgan fingerprint density at radius 3 is 2.46 bits per heavy atom. The van der Waals surface area contributed by atoms with Crippen LogP contribution in [0.25, 0.3) is 0 Å². The molecule has 0 aromatic rings. The molecule has 13 heavy (non-hydrogen) atoms.